The molecule has 3 rings (SSSR count). The van der Waals surface area contributed by atoms with Gasteiger partial charge in [0, 0.05) is 67.6 Å². The minimum absolute atomic E-state index is 0.0225. The number of aromatic nitrogens is 1. The predicted octanol–water partition coefficient (Wildman–Crippen LogP) is 2.90. The maximum absolute atomic E-state index is 12.4. The molecular formula is C18H20BrN5O3. The van der Waals surface area contributed by atoms with Crippen molar-refractivity contribution in [3.05, 3.63) is 57.2 Å². The lowest BCUT2D eigenvalue weighted by Gasteiger charge is -2.35. The van der Waals surface area contributed by atoms with E-state index >= 15 is 0 Å². The van der Waals surface area contributed by atoms with Crippen LogP contribution in [0.2, 0.25) is 0 Å². The molecule has 0 unspecified atom stereocenters. The van der Waals surface area contributed by atoms with Gasteiger partial charge in [0.05, 0.1) is 4.92 Å². The van der Waals surface area contributed by atoms with Crippen molar-refractivity contribution in [2.75, 3.05) is 42.9 Å². The highest BCUT2D eigenvalue weighted by Crippen LogP contribution is 2.27. The van der Waals surface area contributed by atoms with Gasteiger partial charge in [-0.3, -0.25) is 14.9 Å². The largest absolute Gasteiger partial charge is 0.384 e. The van der Waals surface area contributed by atoms with Crippen LogP contribution >= 0.6 is 15.9 Å². The van der Waals surface area contributed by atoms with Crippen LogP contribution in [0.1, 0.15) is 6.42 Å². The van der Waals surface area contributed by atoms with Crippen molar-refractivity contribution in [2.45, 2.75) is 6.42 Å². The van der Waals surface area contributed by atoms with Gasteiger partial charge in [0.15, 0.2) is 0 Å². The Morgan fingerprint density at radius 2 is 2.00 bits per heavy atom. The third-order valence-corrected chi connectivity index (χ3v) is 5.08. The molecule has 1 saturated heterocycles. The minimum Gasteiger partial charge on any atom is -0.384 e. The third kappa shape index (κ3) is 4.94. The molecule has 0 aliphatic carbocycles. The summed E-state index contributed by atoms with van der Waals surface area (Å²) in [5.74, 6) is 1.04. The van der Waals surface area contributed by atoms with Crippen LogP contribution in [0.25, 0.3) is 0 Å². The number of benzene rings is 1. The van der Waals surface area contributed by atoms with Gasteiger partial charge >= 0.3 is 0 Å². The van der Waals surface area contributed by atoms with E-state index in [0.29, 0.717) is 30.5 Å². The minimum atomic E-state index is -0.442. The van der Waals surface area contributed by atoms with Crippen molar-refractivity contribution in [3.8, 4) is 0 Å². The Hall–Kier alpha value is -2.68. The summed E-state index contributed by atoms with van der Waals surface area (Å²) in [7, 11) is 0. The van der Waals surface area contributed by atoms with Gasteiger partial charge in [-0.1, -0.05) is 6.07 Å². The third-order valence-electron chi connectivity index (χ3n) is 4.42. The smallest absolute Gasteiger partial charge is 0.270 e. The molecule has 0 radical (unpaired) electrons. The van der Waals surface area contributed by atoms with E-state index in [9.17, 15) is 14.9 Å². The lowest BCUT2D eigenvalue weighted by molar-refractivity contribution is -0.384. The van der Waals surface area contributed by atoms with Gasteiger partial charge in [0.25, 0.3) is 5.69 Å². The highest BCUT2D eigenvalue weighted by Gasteiger charge is 2.21. The van der Waals surface area contributed by atoms with E-state index in [1.165, 1.54) is 12.1 Å². The molecule has 0 spiro atoms. The number of nitro benzene ring substituents is 1. The van der Waals surface area contributed by atoms with Crippen LogP contribution in [0.15, 0.2) is 47.1 Å². The Bertz CT molecular complexity index is 810. The quantitative estimate of drug-likeness (QED) is 0.556. The van der Waals surface area contributed by atoms with Crippen LogP contribution in [-0.4, -0.2) is 53.4 Å². The number of rotatable bonds is 6. The lowest BCUT2D eigenvalue weighted by atomic mass is 10.2. The summed E-state index contributed by atoms with van der Waals surface area (Å²) in [4.78, 5) is 31.1. The molecule has 1 aliphatic heterocycles. The highest BCUT2D eigenvalue weighted by atomic mass is 79.9. The Labute approximate surface area is 165 Å². The van der Waals surface area contributed by atoms with Crippen molar-refractivity contribution < 1.29 is 9.72 Å². The van der Waals surface area contributed by atoms with Crippen LogP contribution in [0.5, 0.6) is 0 Å². The van der Waals surface area contributed by atoms with Crippen LogP contribution in [0.3, 0.4) is 0 Å². The SMILES string of the molecule is O=C(CCNc1ccc([N+](=O)[O-])cc1Br)N1CCN(c2ccccn2)CC1. The van der Waals surface area contributed by atoms with E-state index in [-0.39, 0.29) is 11.6 Å². The van der Waals surface area contributed by atoms with Crippen LogP contribution in [0.4, 0.5) is 17.2 Å². The molecule has 0 saturated carbocycles. The molecule has 0 bridgehead atoms. The first-order chi connectivity index (χ1) is 13.0. The monoisotopic (exact) mass is 433 g/mol. The number of piperazine rings is 1. The standard InChI is InChI=1S/C18H20BrN5O3/c19-15-13-14(24(26)27)4-5-16(15)20-8-6-18(25)23-11-9-22(10-12-23)17-3-1-2-7-21-17/h1-5,7,13,20H,6,8-12H2. The summed E-state index contributed by atoms with van der Waals surface area (Å²) in [6.45, 7) is 3.36. The molecular weight excluding hydrogens is 414 g/mol. The second-order valence-electron chi connectivity index (χ2n) is 6.15. The first kappa shape index (κ1) is 19.1. The van der Waals surface area contributed by atoms with Gasteiger partial charge in [-0.15, -0.1) is 0 Å². The maximum atomic E-state index is 12.4. The number of anilines is 2. The first-order valence-corrected chi connectivity index (χ1v) is 9.45. The second-order valence-corrected chi connectivity index (χ2v) is 7.01. The second kappa shape index (κ2) is 8.81. The number of nitrogens with one attached hydrogen (secondary N) is 1. The maximum Gasteiger partial charge on any atom is 0.270 e. The Kier molecular flexibility index (Phi) is 6.23. The van der Waals surface area contributed by atoms with E-state index in [4.69, 9.17) is 0 Å². The number of carbonyl (C=O) groups excluding carboxylic acids is 1. The molecule has 9 heteroatoms. The molecule has 1 aliphatic rings. The molecule has 0 atom stereocenters. The number of hydrogen-bond acceptors (Lipinski definition) is 6. The predicted molar refractivity (Wildman–Crippen MR) is 107 cm³/mol. The molecule has 1 fully saturated rings. The fourth-order valence-electron chi connectivity index (χ4n) is 2.95. The summed E-state index contributed by atoms with van der Waals surface area (Å²) in [5, 5.41) is 13.9. The molecule has 1 amide bonds. The van der Waals surface area contributed by atoms with Crippen LogP contribution in [-0.2, 0) is 4.79 Å². The van der Waals surface area contributed by atoms with Gasteiger partial charge in [0.1, 0.15) is 5.82 Å². The normalized spacial score (nSPS) is 14.1. The summed E-state index contributed by atoms with van der Waals surface area (Å²) < 4.78 is 0.605. The number of carbonyl (C=O) groups is 1. The Balaban J connectivity index is 1.44. The number of hydrogen-bond donors (Lipinski definition) is 1. The van der Waals surface area contributed by atoms with Crippen molar-refractivity contribution in [2.24, 2.45) is 0 Å². The van der Waals surface area contributed by atoms with E-state index in [0.717, 1.165) is 24.6 Å². The zero-order valence-electron chi connectivity index (χ0n) is 14.7. The molecule has 1 N–H and O–H groups in total. The number of nitrogens with zero attached hydrogens (tertiary/aromatic N) is 4. The van der Waals surface area contributed by atoms with Gasteiger partial charge in [-0.2, -0.15) is 0 Å². The van der Waals surface area contributed by atoms with Gasteiger partial charge in [-0.05, 0) is 34.1 Å². The molecule has 142 valence electrons. The van der Waals surface area contributed by atoms with Crippen molar-refractivity contribution in [1.82, 2.24) is 9.88 Å². The Morgan fingerprint density at radius 1 is 1.22 bits per heavy atom. The molecule has 27 heavy (non-hydrogen) atoms. The van der Waals surface area contributed by atoms with Gasteiger partial charge in [0.2, 0.25) is 5.91 Å². The summed E-state index contributed by atoms with van der Waals surface area (Å²) in [6.07, 6.45) is 2.14. The first-order valence-electron chi connectivity index (χ1n) is 8.66. The zero-order chi connectivity index (χ0) is 19.2. The van der Waals surface area contributed by atoms with Crippen molar-refractivity contribution >= 4 is 39.0 Å². The number of nitro groups is 1. The molecule has 2 aromatic rings. The van der Waals surface area contributed by atoms with E-state index < -0.39 is 4.92 Å². The molecule has 1 aromatic heterocycles. The summed E-state index contributed by atoms with van der Waals surface area (Å²) in [6, 6.07) is 10.3. The molecule has 1 aromatic carbocycles. The van der Waals surface area contributed by atoms with E-state index in [1.807, 2.05) is 23.1 Å². The highest BCUT2D eigenvalue weighted by molar-refractivity contribution is 9.10. The summed E-state index contributed by atoms with van der Waals surface area (Å²) >= 11 is 3.31. The number of pyridine rings is 1. The number of amides is 1. The topological polar surface area (TPSA) is 91.6 Å². The summed E-state index contributed by atoms with van der Waals surface area (Å²) in [5.41, 5.74) is 0.752. The van der Waals surface area contributed by atoms with E-state index in [1.54, 1.807) is 12.3 Å². The van der Waals surface area contributed by atoms with Crippen molar-refractivity contribution in [1.29, 1.82) is 0 Å². The number of non-ortho nitro benzene ring substituents is 1. The van der Waals surface area contributed by atoms with Crippen LogP contribution < -0.4 is 10.2 Å². The molecule has 2 heterocycles. The number of halogens is 1. The average Bonchev–Trinajstić information content (AvgIpc) is 2.69. The van der Waals surface area contributed by atoms with Gasteiger partial charge in [-0.25, -0.2) is 4.98 Å². The average molecular weight is 434 g/mol. The fraction of sp³-hybridized carbons (Fsp3) is 0.333. The fourth-order valence-corrected chi connectivity index (χ4v) is 3.46. The zero-order valence-corrected chi connectivity index (χ0v) is 16.3. The lowest BCUT2D eigenvalue weighted by Crippen LogP contribution is -2.49. The molecule has 8 nitrogen and oxygen atoms in total. The van der Waals surface area contributed by atoms with Gasteiger partial charge < -0.3 is 15.1 Å². The van der Waals surface area contributed by atoms with Crippen molar-refractivity contribution in [3.63, 3.8) is 0 Å². The van der Waals surface area contributed by atoms with E-state index in [2.05, 4.69) is 31.1 Å². The Morgan fingerprint density at radius 3 is 2.63 bits per heavy atom. The van der Waals surface area contributed by atoms with Crippen LogP contribution in [0, 0.1) is 10.1 Å².